The number of sulfonamides is 1. The van der Waals surface area contributed by atoms with Crippen LogP contribution in [0.25, 0.3) is 0 Å². The molecule has 0 atom stereocenters. The molecule has 0 aliphatic heterocycles. The van der Waals surface area contributed by atoms with Crippen LogP contribution in [-0.2, 0) is 14.8 Å². The summed E-state index contributed by atoms with van der Waals surface area (Å²) in [5.74, 6) is -0.0239. The Morgan fingerprint density at radius 1 is 1.38 bits per heavy atom. The van der Waals surface area contributed by atoms with Crippen molar-refractivity contribution in [3.63, 3.8) is 0 Å². The molecule has 0 unspecified atom stereocenters. The molecule has 0 bridgehead atoms. The summed E-state index contributed by atoms with van der Waals surface area (Å²) in [6.45, 7) is 2.51. The van der Waals surface area contributed by atoms with Gasteiger partial charge in [-0.1, -0.05) is 16.8 Å². The van der Waals surface area contributed by atoms with Crippen molar-refractivity contribution in [2.45, 2.75) is 18.7 Å². The minimum atomic E-state index is -3.91. The summed E-state index contributed by atoms with van der Waals surface area (Å²) in [7, 11) is -2.47. The van der Waals surface area contributed by atoms with Gasteiger partial charge in [0, 0.05) is 5.02 Å². The number of anilines is 1. The van der Waals surface area contributed by atoms with Crippen LogP contribution < -0.4 is 14.8 Å². The van der Waals surface area contributed by atoms with Crippen LogP contribution in [0.3, 0.4) is 0 Å². The fourth-order valence-corrected chi connectivity index (χ4v) is 3.54. The fraction of sp³-hybridized carbons (Fsp3) is 0.286. The van der Waals surface area contributed by atoms with Gasteiger partial charge < -0.3 is 14.6 Å². The van der Waals surface area contributed by atoms with Gasteiger partial charge in [0.1, 0.15) is 16.3 Å². The van der Waals surface area contributed by atoms with Crippen molar-refractivity contribution in [2.24, 2.45) is 0 Å². The summed E-state index contributed by atoms with van der Waals surface area (Å²) in [4.78, 5) is 11.9. The highest BCUT2D eigenvalue weighted by Gasteiger charge is 2.24. The van der Waals surface area contributed by atoms with Crippen LogP contribution in [0.4, 0.5) is 5.69 Å². The molecule has 0 aliphatic carbocycles. The first kappa shape index (κ1) is 18.2. The van der Waals surface area contributed by atoms with Crippen LogP contribution in [0.15, 0.2) is 27.6 Å². The molecule has 2 aromatic rings. The molecular weight excluding hydrogens is 358 g/mol. The molecule has 0 saturated carbocycles. The van der Waals surface area contributed by atoms with E-state index < -0.39 is 22.5 Å². The first-order valence-electron chi connectivity index (χ1n) is 6.80. The zero-order valence-corrected chi connectivity index (χ0v) is 14.8. The number of carbonyl (C=O) groups is 1. The van der Waals surface area contributed by atoms with Crippen molar-refractivity contribution >= 4 is 33.2 Å². The Hall–Kier alpha value is -2.10. The van der Waals surface area contributed by atoms with Crippen LogP contribution in [0, 0.1) is 13.8 Å². The molecule has 0 radical (unpaired) electrons. The Bertz CT molecular complexity index is 844. The van der Waals surface area contributed by atoms with Crippen LogP contribution in [0.2, 0.25) is 5.02 Å². The third kappa shape index (κ3) is 4.05. The van der Waals surface area contributed by atoms with Crippen molar-refractivity contribution < 1.29 is 22.5 Å². The van der Waals surface area contributed by atoms with Gasteiger partial charge in [0.25, 0.3) is 0 Å². The van der Waals surface area contributed by atoms with Crippen LogP contribution in [-0.4, -0.2) is 33.1 Å². The first-order chi connectivity index (χ1) is 11.2. The molecule has 24 heavy (non-hydrogen) atoms. The highest BCUT2D eigenvalue weighted by atomic mass is 35.5. The van der Waals surface area contributed by atoms with Gasteiger partial charge in [0.2, 0.25) is 15.9 Å². The average molecular weight is 374 g/mol. The number of carbonyl (C=O) groups excluding carboxylic acids is 1. The molecule has 1 aromatic heterocycles. The van der Waals surface area contributed by atoms with E-state index in [4.69, 9.17) is 20.9 Å². The third-order valence-electron chi connectivity index (χ3n) is 3.09. The van der Waals surface area contributed by atoms with Crippen molar-refractivity contribution in [2.75, 3.05) is 19.0 Å². The van der Waals surface area contributed by atoms with Crippen molar-refractivity contribution in [3.05, 3.63) is 34.7 Å². The van der Waals surface area contributed by atoms with E-state index in [0.717, 1.165) is 0 Å². The van der Waals surface area contributed by atoms with E-state index in [2.05, 4.69) is 15.2 Å². The second-order valence-corrected chi connectivity index (χ2v) is 7.01. The molecule has 0 fully saturated rings. The maximum Gasteiger partial charge on any atom is 0.246 e. The van der Waals surface area contributed by atoms with Gasteiger partial charge in [-0.2, -0.15) is 0 Å². The number of nitrogens with zero attached hydrogens (tertiary/aromatic N) is 1. The maximum atomic E-state index is 12.2. The van der Waals surface area contributed by atoms with Gasteiger partial charge in [-0.25, -0.2) is 13.1 Å². The second-order valence-electron chi connectivity index (χ2n) is 4.87. The minimum Gasteiger partial charge on any atom is -0.495 e. The lowest BCUT2D eigenvalue weighted by molar-refractivity contribution is -0.115. The molecule has 0 saturated heterocycles. The molecule has 2 N–H and O–H groups in total. The number of aryl methyl sites for hydroxylation is 2. The first-order valence-corrected chi connectivity index (χ1v) is 8.66. The number of hydrogen-bond donors (Lipinski definition) is 2. The summed E-state index contributed by atoms with van der Waals surface area (Å²) >= 11 is 5.87. The van der Waals surface area contributed by atoms with Crippen LogP contribution in [0.5, 0.6) is 5.75 Å². The topological polar surface area (TPSA) is 111 Å². The predicted molar refractivity (Wildman–Crippen MR) is 87.8 cm³/mol. The van der Waals surface area contributed by atoms with Crippen molar-refractivity contribution in [3.8, 4) is 5.75 Å². The lowest BCUT2D eigenvalue weighted by Crippen LogP contribution is -2.33. The number of benzene rings is 1. The Morgan fingerprint density at radius 2 is 2.08 bits per heavy atom. The normalized spacial score (nSPS) is 11.3. The van der Waals surface area contributed by atoms with Crippen LogP contribution >= 0.6 is 11.6 Å². The minimum absolute atomic E-state index is 0.0735. The number of methoxy groups -OCH3 is 1. The maximum absolute atomic E-state index is 12.2. The van der Waals surface area contributed by atoms with E-state index in [0.29, 0.717) is 16.5 Å². The predicted octanol–water partition coefficient (Wildman–Crippen LogP) is 1.87. The van der Waals surface area contributed by atoms with E-state index in [1.54, 1.807) is 12.1 Å². The van der Waals surface area contributed by atoms with Gasteiger partial charge in [0.15, 0.2) is 5.76 Å². The van der Waals surface area contributed by atoms with E-state index in [1.807, 2.05) is 0 Å². The molecule has 130 valence electrons. The van der Waals surface area contributed by atoms with E-state index in [-0.39, 0.29) is 16.3 Å². The van der Waals surface area contributed by atoms with Crippen molar-refractivity contribution in [1.82, 2.24) is 9.88 Å². The quantitative estimate of drug-likeness (QED) is 0.799. The molecule has 10 heteroatoms. The molecule has 0 aliphatic rings. The number of amides is 1. The average Bonchev–Trinajstić information content (AvgIpc) is 2.85. The van der Waals surface area contributed by atoms with Crippen molar-refractivity contribution in [1.29, 1.82) is 0 Å². The Morgan fingerprint density at radius 3 is 2.67 bits per heavy atom. The number of hydrogen-bond acceptors (Lipinski definition) is 6. The van der Waals surface area contributed by atoms with Crippen LogP contribution in [0.1, 0.15) is 11.5 Å². The van der Waals surface area contributed by atoms with E-state index in [1.165, 1.54) is 27.0 Å². The lowest BCUT2D eigenvalue weighted by Gasteiger charge is -2.11. The van der Waals surface area contributed by atoms with Gasteiger partial charge in [-0.15, -0.1) is 0 Å². The largest absolute Gasteiger partial charge is 0.495 e. The molecule has 1 heterocycles. The number of ether oxygens (including phenoxy) is 1. The summed E-state index contributed by atoms with van der Waals surface area (Å²) in [6.07, 6.45) is 0. The monoisotopic (exact) mass is 373 g/mol. The van der Waals surface area contributed by atoms with E-state index in [9.17, 15) is 13.2 Å². The number of rotatable bonds is 6. The molecule has 2 rings (SSSR count). The summed E-state index contributed by atoms with van der Waals surface area (Å²) in [6, 6.07) is 4.70. The highest BCUT2D eigenvalue weighted by molar-refractivity contribution is 7.89. The Kier molecular flexibility index (Phi) is 5.47. The Labute approximate surface area is 144 Å². The summed E-state index contributed by atoms with van der Waals surface area (Å²) in [5.41, 5.74) is 0.559. The molecule has 1 aromatic carbocycles. The molecule has 0 spiro atoms. The summed E-state index contributed by atoms with van der Waals surface area (Å²) < 4.78 is 36.6. The number of halogens is 1. The molecule has 1 amide bonds. The standard InChI is InChI=1S/C14H16ClN3O5S/c1-8-14(9(2)23-18-8)24(20,21)16-7-13(19)17-11-6-10(15)4-5-12(11)22-3/h4-6,16H,7H2,1-3H3,(H,17,19). The highest BCUT2D eigenvalue weighted by Crippen LogP contribution is 2.27. The second kappa shape index (κ2) is 7.20. The fourth-order valence-electron chi connectivity index (χ4n) is 2.06. The van der Waals surface area contributed by atoms with Gasteiger partial charge >= 0.3 is 0 Å². The van der Waals surface area contributed by atoms with E-state index >= 15 is 0 Å². The molecule has 8 nitrogen and oxygen atoms in total. The van der Waals surface area contributed by atoms with Gasteiger partial charge in [-0.3, -0.25) is 4.79 Å². The molecular formula is C14H16ClN3O5S. The van der Waals surface area contributed by atoms with Gasteiger partial charge in [0.05, 0.1) is 19.3 Å². The van der Waals surface area contributed by atoms with Gasteiger partial charge in [-0.05, 0) is 32.0 Å². The lowest BCUT2D eigenvalue weighted by atomic mass is 10.3. The number of aromatic nitrogens is 1. The zero-order chi connectivity index (χ0) is 17.9. The smallest absolute Gasteiger partial charge is 0.246 e. The SMILES string of the molecule is COc1ccc(Cl)cc1NC(=O)CNS(=O)(=O)c1c(C)noc1C. The zero-order valence-electron chi connectivity index (χ0n) is 13.2. The summed E-state index contributed by atoms with van der Waals surface area (Å²) in [5, 5.41) is 6.52. The number of nitrogens with one attached hydrogen (secondary N) is 2. The third-order valence-corrected chi connectivity index (χ3v) is 4.97. The Balaban J connectivity index is 2.08.